The molecule has 0 saturated heterocycles. The van der Waals surface area contributed by atoms with E-state index in [-0.39, 0.29) is 0 Å². The molecule has 0 aliphatic heterocycles. The van der Waals surface area contributed by atoms with Crippen LogP contribution in [-0.4, -0.2) is 9.97 Å². The van der Waals surface area contributed by atoms with Crippen molar-refractivity contribution in [2.75, 3.05) is 0 Å². The second kappa shape index (κ2) is 5.21. The fraction of sp³-hybridized carbons (Fsp3) is 0. The molecule has 0 N–H and O–H groups in total. The minimum absolute atomic E-state index is 0.536. The average molecular weight is 267 g/mol. The molecule has 2 aromatic heterocycles. The van der Waals surface area contributed by atoms with E-state index < -0.39 is 0 Å². The molecule has 3 rings (SSSR count). The van der Waals surface area contributed by atoms with Crippen LogP contribution >= 0.6 is 11.6 Å². The summed E-state index contributed by atoms with van der Waals surface area (Å²) < 4.78 is 0. The highest BCUT2D eigenvalue weighted by Crippen LogP contribution is 2.25. The summed E-state index contributed by atoms with van der Waals surface area (Å²) in [6.45, 7) is 0. The van der Waals surface area contributed by atoms with Gasteiger partial charge in [-0.3, -0.25) is 4.98 Å². The van der Waals surface area contributed by atoms with E-state index in [1.165, 1.54) is 0 Å². The summed E-state index contributed by atoms with van der Waals surface area (Å²) >= 11 is 6.10. The molecule has 0 aliphatic carbocycles. The molecular formula is C16H11ClN2. The summed E-state index contributed by atoms with van der Waals surface area (Å²) in [6.07, 6.45) is 9.42. The third kappa shape index (κ3) is 2.49. The summed E-state index contributed by atoms with van der Waals surface area (Å²) in [5, 5.41) is 2.61. The topological polar surface area (TPSA) is 25.8 Å². The summed E-state index contributed by atoms with van der Waals surface area (Å²) in [6, 6.07) is 11.9. The normalized spacial score (nSPS) is 11.2. The van der Waals surface area contributed by atoms with Gasteiger partial charge in [0.1, 0.15) is 5.15 Å². The fourth-order valence-electron chi connectivity index (χ4n) is 1.97. The Hall–Kier alpha value is -2.19. The van der Waals surface area contributed by atoms with Crippen LogP contribution in [0.3, 0.4) is 0 Å². The Morgan fingerprint density at radius 1 is 0.895 bits per heavy atom. The van der Waals surface area contributed by atoms with Crippen molar-refractivity contribution in [3.63, 3.8) is 0 Å². The van der Waals surface area contributed by atoms with Gasteiger partial charge in [-0.15, -0.1) is 0 Å². The molecule has 0 amide bonds. The molecule has 2 nitrogen and oxygen atoms in total. The lowest BCUT2D eigenvalue weighted by Crippen LogP contribution is -1.83. The maximum atomic E-state index is 6.10. The SMILES string of the molecule is Clc1ncc(/C=C\c2cccnc2)c2ccccc12. The van der Waals surface area contributed by atoms with Crippen molar-refractivity contribution >= 4 is 34.5 Å². The summed E-state index contributed by atoms with van der Waals surface area (Å²) in [5.74, 6) is 0. The second-order valence-electron chi connectivity index (χ2n) is 4.17. The first-order chi connectivity index (χ1) is 9.34. The van der Waals surface area contributed by atoms with Gasteiger partial charge in [0.05, 0.1) is 0 Å². The van der Waals surface area contributed by atoms with Gasteiger partial charge in [-0.25, -0.2) is 4.98 Å². The highest BCUT2D eigenvalue weighted by molar-refractivity contribution is 6.34. The number of hydrogen-bond donors (Lipinski definition) is 0. The Labute approximate surface area is 116 Å². The highest BCUT2D eigenvalue weighted by Gasteiger charge is 2.02. The molecule has 3 aromatic rings. The Kier molecular flexibility index (Phi) is 3.25. The standard InChI is InChI=1S/C16H11ClN2/c17-16-15-6-2-1-5-14(15)13(11-19-16)8-7-12-4-3-9-18-10-12/h1-11H/b8-7-. The molecule has 0 radical (unpaired) electrons. The number of aromatic nitrogens is 2. The quantitative estimate of drug-likeness (QED) is 0.640. The van der Waals surface area contributed by atoms with Crippen molar-refractivity contribution in [1.29, 1.82) is 0 Å². The lowest BCUT2D eigenvalue weighted by Gasteiger charge is -2.03. The molecule has 0 fully saturated rings. The molecule has 0 bridgehead atoms. The van der Waals surface area contributed by atoms with Crippen molar-refractivity contribution in [2.24, 2.45) is 0 Å². The molecule has 19 heavy (non-hydrogen) atoms. The Balaban J connectivity index is 2.07. The van der Waals surface area contributed by atoms with E-state index in [1.54, 1.807) is 12.4 Å². The first-order valence-electron chi connectivity index (χ1n) is 5.96. The van der Waals surface area contributed by atoms with Crippen molar-refractivity contribution < 1.29 is 0 Å². The molecule has 0 saturated carbocycles. The average Bonchev–Trinajstić information content (AvgIpc) is 2.48. The lowest BCUT2D eigenvalue weighted by molar-refractivity contribution is 1.32. The van der Waals surface area contributed by atoms with Crippen LogP contribution in [0.4, 0.5) is 0 Å². The van der Waals surface area contributed by atoms with Crippen LogP contribution in [0.1, 0.15) is 11.1 Å². The summed E-state index contributed by atoms with van der Waals surface area (Å²) in [4.78, 5) is 8.30. The summed E-state index contributed by atoms with van der Waals surface area (Å²) in [5.41, 5.74) is 2.10. The van der Waals surface area contributed by atoms with Crippen LogP contribution in [0.2, 0.25) is 5.15 Å². The predicted molar refractivity (Wildman–Crippen MR) is 79.9 cm³/mol. The molecule has 0 aliphatic rings. The number of pyridine rings is 2. The number of fused-ring (bicyclic) bond motifs is 1. The molecular weight excluding hydrogens is 256 g/mol. The Morgan fingerprint density at radius 3 is 2.53 bits per heavy atom. The van der Waals surface area contributed by atoms with Gasteiger partial charge >= 0.3 is 0 Å². The van der Waals surface area contributed by atoms with Crippen LogP contribution in [0.5, 0.6) is 0 Å². The number of hydrogen-bond acceptors (Lipinski definition) is 2. The van der Waals surface area contributed by atoms with Crippen molar-refractivity contribution in [3.05, 3.63) is 71.3 Å². The van der Waals surface area contributed by atoms with Crippen LogP contribution in [0.15, 0.2) is 55.0 Å². The predicted octanol–water partition coefficient (Wildman–Crippen LogP) is 4.45. The molecule has 3 heteroatoms. The lowest BCUT2D eigenvalue weighted by atomic mass is 10.1. The molecule has 0 atom stereocenters. The molecule has 0 spiro atoms. The van der Waals surface area contributed by atoms with Gasteiger partial charge in [0.25, 0.3) is 0 Å². The van der Waals surface area contributed by atoms with E-state index in [9.17, 15) is 0 Å². The third-order valence-electron chi connectivity index (χ3n) is 2.92. The molecule has 2 heterocycles. The van der Waals surface area contributed by atoms with Crippen LogP contribution < -0.4 is 0 Å². The highest BCUT2D eigenvalue weighted by atomic mass is 35.5. The molecule has 92 valence electrons. The van der Waals surface area contributed by atoms with Crippen molar-refractivity contribution in [3.8, 4) is 0 Å². The van der Waals surface area contributed by atoms with Crippen LogP contribution in [0.25, 0.3) is 22.9 Å². The van der Waals surface area contributed by atoms with Gasteiger partial charge < -0.3 is 0 Å². The van der Waals surface area contributed by atoms with Crippen LogP contribution in [0, 0.1) is 0 Å². The third-order valence-corrected chi connectivity index (χ3v) is 3.22. The van der Waals surface area contributed by atoms with Gasteiger partial charge in [-0.2, -0.15) is 0 Å². The molecule has 0 unspecified atom stereocenters. The zero-order chi connectivity index (χ0) is 13.1. The summed E-state index contributed by atoms with van der Waals surface area (Å²) in [7, 11) is 0. The fourth-order valence-corrected chi connectivity index (χ4v) is 2.19. The smallest absolute Gasteiger partial charge is 0.136 e. The van der Waals surface area contributed by atoms with Gasteiger partial charge in [0.2, 0.25) is 0 Å². The number of rotatable bonds is 2. The zero-order valence-corrected chi connectivity index (χ0v) is 10.9. The first kappa shape index (κ1) is 11.9. The van der Waals surface area contributed by atoms with E-state index in [2.05, 4.69) is 9.97 Å². The van der Waals surface area contributed by atoms with E-state index in [4.69, 9.17) is 11.6 Å². The monoisotopic (exact) mass is 266 g/mol. The van der Waals surface area contributed by atoms with E-state index >= 15 is 0 Å². The van der Waals surface area contributed by atoms with Crippen LogP contribution in [-0.2, 0) is 0 Å². The van der Waals surface area contributed by atoms with E-state index in [1.807, 2.05) is 54.7 Å². The second-order valence-corrected chi connectivity index (χ2v) is 4.53. The number of benzene rings is 1. The first-order valence-corrected chi connectivity index (χ1v) is 6.34. The van der Waals surface area contributed by atoms with Crippen molar-refractivity contribution in [1.82, 2.24) is 9.97 Å². The Morgan fingerprint density at radius 2 is 1.74 bits per heavy atom. The van der Waals surface area contributed by atoms with E-state index in [0.29, 0.717) is 5.15 Å². The van der Waals surface area contributed by atoms with Gasteiger partial charge in [-0.05, 0) is 17.0 Å². The Bertz CT molecular complexity index is 736. The van der Waals surface area contributed by atoms with E-state index in [0.717, 1.165) is 21.9 Å². The minimum atomic E-state index is 0.536. The zero-order valence-electron chi connectivity index (χ0n) is 10.1. The van der Waals surface area contributed by atoms with Crippen molar-refractivity contribution in [2.45, 2.75) is 0 Å². The number of halogens is 1. The van der Waals surface area contributed by atoms with Gasteiger partial charge in [-0.1, -0.05) is 54.1 Å². The maximum Gasteiger partial charge on any atom is 0.136 e. The number of nitrogens with zero attached hydrogens (tertiary/aromatic N) is 2. The van der Waals surface area contributed by atoms with Gasteiger partial charge in [0, 0.05) is 29.5 Å². The largest absolute Gasteiger partial charge is 0.264 e. The minimum Gasteiger partial charge on any atom is -0.264 e. The molecule has 1 aromatic carbocycles. The van der Waals surface area contributed by atoms with Gasteiger partial charge in [0.15, 0.2) is 0 Å². The maximum absolute atomic E-state index is 6.10.